The van der Waals surface area contributed by atoms with Crippen LogP contribution in [-0.4, -0.2) is 74.2 Å². The molecule has 7 heteroatoms. The van der Waals surface area contributed by atoms with E-state index < -0.39 is 29.2 Å². The van der Waals surface area contributed by atoms with E-state index in [9.17, 15) is 19.8 Å². The lowest BCUT2D eigenvalue weighted by atomic mass is 9.64. The number of carbonyl (C=O) groups is 2. The van der Waals surface area contributed by atoms with Crippen molar-refractivity contribution >= 4 is 12.0 Å². The second-order valence-corrected chi connectivity index (χ2v) is 13.2. The highest BCUT2D eigenvalue weighted by Gasteiger charge is 2.64. The van der Waals surface area contributed by atoms with Crippen LogP contribution in [0.4, 0.5) is 4.79 Å². The second kappa shape index (κ2) is 13.7. The molecule has 4 rings (SSSR count). The standard InChI is InChI=1S/C36H47N3O4/c1-27(2)24-37-21-22-39(34(42)43)36(33(37)41,35(3,4)5)32(40)31(23-28-15-9-6-10-16-28)38(25-29-17-11-7-12-18-29)26-30-19-13-8-14-20-30/h6-20,27,31-32,40H,21-26H2,1-5H3,(H,42,43)/t31-,32-,36-/m0/s1. The van der Waals surface area contributed by atoms with Crippen molar-refractivity contribution in [2.75, 3.05) is 19.6 Å². The van der Waals surface area contributed by atoms with Crippen molar-refractivity contribution < 1.29 is 19.8 Å². The van der Waals surface area contributed by atoms with Gasteiger partial charge in [0.25, 0.3) is 5.91 Å². The van der Waals surface area contributed by atoms with Gasteiger partial charge in [0.15, 0.2) is 5.54 Å². The monoisotopic (exact) mass is 585 g/mol. The first-order chi connectivity index (χ1) is 20.4. The zero-order chi connectivity index (χ0) is 31.2. The van der Waals surface area contributed by atoms with Gasteiger partial charge in [0.1, 0.15) is 6.10 Å². The van der Waals surface area contributed by atoms with Gasteiger partial charge in [-0.2, -0.15) is 0 Å². The van der Waals surface area contributed by atoms with Crippen LogP contribution in [0.3, 0.4) is 0 Å². The molecule has 7 nitrogen and oxygen atoms in total. The highest BCUT2D eigenvalue weighted by Crippen LogP contribution is 2.45. The predicted molar refractivity (Wildman–Crippen MR) is 170 cm³/mol. The van der Waals surface area contributed by atoms with Crippen molar-refractivity contribution in [3.63, 3.8) is 0 Å². The summed E-state index contributed by atoms with van der Waals surface area (Å²) in [5, 5.41) is 23.4. The molecule has 1 fully saturated rings. The average Bonchev–Trinajstić information content (AvgIpc) is 2.97. The summed E-state index contributed by atoms with van der Waals surface area (Å²) in [6.07, 6.45) is -2.09. The summed E-state index contributed by atoms with van der Waals surface area (Å²) < 4.78 is 0. The third kappa shape index (κ3) is 7.11. The summed E-state index contributed by atoms with van der Waals surface area (Å²) in [6.45, 7) is 11.7. The fourth-order valence-corrected chi connectivity index (χ4v) is 6.67. The largest absolute Gasteiger partial charge is 0.465 e. The average molecular weight is 586 g/mol. The number of nitrogens with zero attached hydrogens (tertiary/aromatic N) is 3. The van der Waals surface area contributed by atoms with Crippen LogP contribution in [0.2, 0.25) is 0 Å². The molecular weight excluding hydrogens is 538 g/mol. The molecule has 0 bridgehead atoms. The lowest BCUT2D eigenvalue weighted by Gasteiger charge is -2.58. The Labute approximate surface area is 256 Å². The van der Waals surface area contributed by atoms with Gasteiger partial charge in [-0.25, -0.2) is 4.79 Å². The molecular formula is C36H47N3O4. The molecule has 230 valence electrons. The minimum Gasteiger partial charge on any atom is -0.465 e. The number of carbonyl (C=O) groups excluding carboxylic acids is 1. The highest BCUT2D eigenvalue weighted by atomic mass is 16.4. The van der Waals surface area contributed by atoms with Gasteiger partial charge in [-0.05, 0) is 34.4 Å². The number of hydrogen-bond donors (Lipinski definition) is 2. The Balaban J connectivity index is 1.91. The van der Waals surface area contributed by atoms with Crippen LogP contribution in [0.25, 0.3) is 0 Å². The van der Waals surface area contributed by atoms with E-state index in [1.807, 2.05) is 101 Å². The molecule has 0 aliphatic carbocycles. The van der Waals surface area contributed by atoms with Gasteiger partial charge in [-0.15, -0.1) is 0 Å². The van der Waals surface area contributed by atoms with Gasteiger partial charge in [-0.3, -0.25) is 14.6 Å². The predicted octanol–water partition coefficient (Wildman–Crippen LogP) is 5.92. The molecule has 0 radical (unpaired) electrons. The Morgan fingerprint density at radius 3 is 1.72 bits per heavy atom. The number of piperazine rings is 1. The first-order valence-corrected chi connectivity index (χ1v) is 15.3. The minimum absolute atomic E-state index is 0.136. The molecule has 1 aliphatic rings. The highest BCUT2D eigenvalue weighted by molar-refractivity contribution is 5.92. The van der Waals surface area contributed by atoms with Crippen LogP contribution < -0.4 is 0 Å². The molecule has 3 aromatic rings. The zero-order valence-corrected chi connectivity index (χ0v) is 26.2. The van der Waals surface area contributed by atoms with E-state index in [1.54, 1.807) is 4.90 Å². The molecule has 43 heavy (non-hydrogen) atoms. The van der Waals surface area contributed by atoms with Gasteiger partial charge >= 0.3 is 6.09 Å². The third-order valence-corrected chi connectivity index (χ3v) is 8.60. The first-order valence-electron chi connectivity index (χ1n) is 15.3. The molecule has 1 aliphatic heterocycles. The number of rotatable bonds is 11. The molecule has 0 aromatic heterocycles. The van der Waals surface area contributed by atoms with Crippen molar-refractivity contribution in [3.05, 3.63) is 108 Å². The number of amides is 2. The summed E-state index contributed by atoms with van der Waals surface area (Å²) in [5.74, 6) is -0.129. The summed E-state index contributed by atoms with van der Waals surface area (Å²) in [5.41, 5.74) is 0.514. The van der Waals surface area contributed by atoms with Crippen LogP contribution >= 0.6 is 0 Å². The van der Waals surface area contributed by atoms with Crippen LogP contribution in [0.15, 0.2) is 91.0 Å². The summed E-state index contributed by atoms with van der Waals surface area (Å²) in [7, 11) is 0. The fourth-order valence-electron chi connectivity index (χ4n) is 6.67. The van der Waals surface area contributed by atoms with Crippen molar-refractivity contribution in [3.8, 4) is 0 Å². The van der Waals surface area contributed by atoms with E-state index in [0.29, 0.717) is 32.6 Å². The van der Waals surface area contributed by atoms with E-state index in [0.717, 1.165) is 16.7 Å². The number of carboxylic acid groups (broad SMARTS) is 1. The quantitative estimate of drug-likeness (QED) is 0.292. The first kappa shape index (κ1) is 32.2. The maximum atomic E-state index is 14.7. The van der Waals surface area contributed by atoms with Crippen LogP contribution in [0.5, 0.6) is 0 Å². The summed E-state index contributed by atoms with van der Waals surface area (Å²) >= 11 is 0. The Hall–Kier alpha value is -3.68. The lowest BCUT2D eigenvalue weighted by molar-refractivity contribution is -0.181. The zero-order valence-electron chi connectivity index (χ0n) is 26.2. The van der Waals surface area contributed by atoms with Crippen LogP contribution in [0.1, 0.15) is 51.3 Å². The molecule has 0 spiro atoms. The number of aliphatic hydroxyl groups excluding tert-OH is 1. The molecule has 2 N–H and O–H groups in total. The maximum Gasteiger partial charge on any atom is 0.408 e. The van der Waals surface area contributed by atoms with E-state index in [2.05, 4.69) is 29.2 Å². The Bertz CT molecular complexity index is 1290. The van der Waals surface area contributed by atoms with Gasteiger partial charge in [0, 0.05) is 38.8 Å². The third-order valence-electron chi connectivity index (χ3n) is 8.60. The smallest absolute Gasteiger partial charge is 0.408 e. The number of hydrogen-bond acceptors (Lipinski definition) is 4. The lowest BCUT2D eigenvalue weighted by Crippen LogP contribution is -2.79. The topological polar surface area (TPSA) is 84.3 Å². The van der Waals surface area contributed by atoms with E-state index >= 15 is 0 Å². The molecule has 3 atom stereocenters. The van der Waals surface area contributed by atoms with Gasteiger partial charge in [-0.1, -0.05) is 126 Å². The molecule has 1 heterocycles. The summed E-state index contributed by atoms with van der Waals surface area (Å²) in [6, 6.07) is 29.5. The van der Waals surface area contributed by atoms with Gasteiger partial charge in [0.05, 0.1) is 0 Å². The van der Waals surface area contributed by atoms with Gasteiger partial charge < -0.3 is 15.1 Å². The van der Waals surface area contributed by atoms with Crippen molar-refractivity contribution in [1.29, 1.82) is 0 Å². The molecule has 0 unspecified atom stereocenters. The van der Waals surface area contributed by atoms with Crippen LogP contribution in [0, 0.1) is 11.3 Å². The van der Waals surface area contributed by atoms with Crippen molar-refractivity contribution in [2.45, 2.75) is 71.8 Å². The Kier molecular flexibility index (Phi) is 10.3. The van der Waals surface area contributed by atoms with Crippen LogP contribution in [-0.2, 0) is 24.3 Å². The maximum absolute atomic E-state index is 14.7. The SMILES string of the molecule is CC(C)CN1CCN(C(=O)O)[C@]([C@@H](O)[C@H](Cc2ccccc2)N(Cc2ccccc2)Cc2ccccc2)(C(C)(C)C)C1=O. The molecule has 0 saturated carbocycles. The van der Waals surface area contributed by atoms with E-state index in [-0.39, 0.29) is 18.4 Å². The summed E-state index contributed by atoms with van der Waals surface area (Å²) in [4.78, 5) is 32.9. The normalized spacial score (nSPS) is 19.1. The van der Waals surface area contributed by atoms with Gasteiger partial charge in [0.2, 0.25) is 0 Å². The van der Waals surface area contributed by atoms with Crippen molar-refractivity contribution in [1.82, 2.24) is 14.7 Å². The second-order valence-electron chi connectivity index (χ2n) is 13.2. The Morgan fingerprint density at radius 1 is 0.837 bits per heavy atom. The molecule has 2 amide bonds. The molecule has 3 aromatic carbocycles. The van der Waals surface area contributed by atoms with Crippen molar-refractivity contribution in [2.24, 2.45) is 11.3 Å². The number of aliphatic hydroxyl groups is 1. The van der Waals surface area contributed by atoms with E-state index in [4.69, 9.17) is 0 Å². The number of benzene rings is 3. The Morgan fingerprint density at radius 2 is 1.30 bits per heavy atom. The minimum atomic E-state index is -1.71. The van der Waals surface area contributed by atoms with E-state index in [1.165, 1.54) is 4.90 Å². The molecule has 1 saturated heterocycles. The fraction of sp³-hybridized carbons (Fsp3) is 0.444.